The molecule has 2 N–H and O–H groups in total. The maximum atomic E-state index is 12.1. The highest BCUT2D eigenvalue weighted by Gasteiger charge is 2.25. The van der Waals surface area contributed by atoms with Crippen LogP contribution < -0.4 is 15.5 Å². The van der Waals surface area contributed by atoms with Crippen LogP contribution in [0.5, 0.6) is 0 Å². The molecule has 3 heterocycles. The predicted octanol–water partition coefficient (Wildman–Crippen LogP) is 1.82. The zero-order chi connectivity index (χ0) is 18.3. The van der Waals surface area contributed by atoms with E-state index < -0.39 is 9.84 Å². The molecule has 2 aromatic rings. The molecule has 0 spiro atoms. The van der Waals surface area contributed by atoms with Crippen LogP contribution in [-0.4, -0.2) is 37.4 Å². The standard InChI is InChI=1S/C17H19N5O3S/c1-2-22-14-8-19-17(21-16(14)18-6-5-15(22)23)20-13-4-3-11-9-26(24,25)10-12(11)7-13/h3-4,7-8H,2,5-6,9-10H2,1H3,(H2,18,19,20,21). The molecule has 9 heteroatoms. The smallest absolute Gasteiger partial charge is 0.229 e. The van der Waals surface area contributed by atoms with Crippen molar-refractivity contribution in [2.45, 2.75) is 24.9 Å². The monoisotopic (exact) mass is 373 g/mol. The van der Waals surface area contributed by atoms with Crippen molar-refractivity contribution < 1.29 is 13.2 Å². The van der Waals surface area contributed by atoms with Crippen LogP contribution >= 0.6 is 0 Å². The van der Waals surface area contributed by atoms with Gasteiger partial charge in [0.1, 0.15) is 5.69 Å². The molecule has 0 radical (unpaired) electrons. The maximum Gasteiger partial charge on any atom is 0.229 e. The topological polar surface area (TPSA) is 104 Å². The largest absolute Gasteiger partial charge is 0.368 e. The van der Waals surface area contributed by atoms with Gasteiger partial charge >= 0.3 is 0 Å². The van der Waals surface area contributed by atoms with Gasteiger partial charge in [0.25, 0.3) is 0 Å². The number of sulfone groups is 1. The molecule has 1 amide bonds. The first kappa shape index (κ1) is 16.8. The average Bonchev–Trinajstić information content (AvgIpc) is 2.80. The summed E-state index contributed by atoms with van der Waals surface area (Å²) < 4.78 is 23.5. The summed E-state index contributed by atoms with van der Waals surface area (Å²) in [5, 5.41) is 6.28. The summed E-state index contributed by atoms with van der Waals surface area (Å²) in [6, 6.07) is 5.47. The lowest BCUT2D eigenvalue weighted by molar-refractivity contribution is -0.118. The summed E-state index contributed by atoms with van der Waals surface area (Å²) in [5.41, 5.74) is 3.06. The van der Waals surface area contributed by atoms with Gasteiger partial charge in [0, 0.05) is 25.2 Å². The molecule has 0 atom stereocenters. The Kier molecular flexibility index (Phi) is 4.03. The zero-order valence-electron chi connectivity index (χ0n) is 14.3. The number of carbonyl (C=O) groups is 1. The van der Waals surface area contributed by atoms with Gasteiger partial charge in [-0.1, -0.05) is 6.07 Å². The van der Waals surface area contributed by atoms with Crippen molar-refractivity contribution in [1.82, 2.24) is 9.97 Å². The molecular formula is C17H19N5O3S. The number of hydrogen-bond acceptors (Lipinski definition) is 7. The Morgan fingerprint density at radius 1 is 1.27 bits per heavy atom. The third kappa shape index (κ3) is 3.10. The molecular weight excluding hydrogens is 354 g/mol. The van der Waals surface area contributed by atoms with Crippen LogP contribution in [0.2, 0.25) is 0 Å². The lowest BCUT2D eigenvalue weighted by atomic mass is 10.1. The molecule has 0 saturated heterocycles. The minimum atomic E-state index is -3.03. The molecule has 0 fully saturated rings. The van der Waals surface area contributed by atoms with E-state index in [1.807, 2.05) is 25.1 Å². The predicted molar refractivity (Wildman–Crippen MR) is 99.2 cm³/mol. The fourth-order valence-electron chi connectivity index (χ4n) is 3.30. The maximum absolute atomic E-state index is 12.1. The van der Waals surface area contributed by atoms with E-state index in [4.69, 9.17) is 0 Å². The first-order valence-electron chi connectivity index (χ1n) is 8.46. The van der Waals surface area contributed by atoms with Gasteiger partial charge in [-0.05, 0) is 30.2 Å². The SMILES string of the molecule is CCN1C(=O)CCNc2nc(Nc3ccc4c(c3)CS(=O)(=O)C4)ncc21. The number of amides is 1. The number of nitrogens with zero attached hydrogens (tertiary/aromatic N) is 3. The van der Waals surface area contributed by atoms with Gasteiger partial charge in [-0.2, -0.15) is 4.98 Å². The van der Waals surface area contributed by atoms with Crippen molar-refractivity contribution in [3.05, 3.63) is 35.5 Å². The van der Waals surface area contributed by atoms with Crippen molar-refractivity contribution in [1.29, 1.82) is 0 Å². The van der Waals surface area contributed by atoms with Crippen molar-refractivity contribution in [2.75, 3.05) is 28.6 Å². The molecule has 0 bridgehead atoms. The number of fused-ring (bicyclic) bond motifs is 2. The molecule has 0 saturated carbocycles. The fourth-order valence-corrected chi connectivity index (χ4v) is 4.90. The summed E-state index contributed by atoms with van der Waals surface area (Å²) in [6.07, 6.45) is 2.04. The number of benzene rings is 1. The number of carbonyl (C=O) groups excluding carboxylic acids is 1. The van der Waals surface area contributed by atoms with E-state index in [1.165, 1.54) is 0 Å². The van der Waals surface area contributed by atoms with Crippen molar-refractivity contribution >= 4 is 38.9 Å². The normalized spacial score (nSPS) is 17.9. The molecule has 136 valence electrons. The summed E-state index contributed by atoms with van der Waals surface area (Å²) in [7, 11) is -3.03. The number of nitrogens with one attached hydrogen (secondary N) is 2. The Bertz CT molecular complexity index is 990. The van der Waals surface area contributed by atoms with Crippen LogP contribution in [0.15, 0.2) is 24.4 Å². The van der Waals surface area contributed by atoms with Gasteiger partial charge in [-0.15, -0.1) is 0 Å². The van der Waals surface area contributed by atoms with E-state index in [1.54, 1.807) is 11.1 Å². The quantitative estimate of drug-likeness (QED) is 0.845. The summed E-state index contributed by atoms with van der Waals surface area (Å²) in [5.74, 6) is 1.21. The van der Waals surface area contributed by atoms with Crippen LogP contribution in [0, 0.1) is 0 Å². The molecule has 4 rings (SSSR count). The molecule has 1 aromatic carbocycles. The van der Waals surface area contributed by atoms with E-state index in [9.17, 15) is 13.2 Å². The van der Waals surface area contributed by atoms with Crippen molar-refractivity contribution in [3.63, 3.8) is 0 Å². The molecule has 0 aliphatic carbocycles. The highest BCUT2D eigenvalue weighted by molar-refractivity contribution is 7.90. The lowest BCUT2D eigenvalue weighted by Gasteiger charge is -2.20. The highest BCUT2D eigenvalue weighted by Crippen LogP contribution is 2.30. The molecule has 8 nitrogen and oxygen atoms in total. The van der Waals surface area contributed by atoms with Gasteiger partial charge in [0.15, 0.2) is 15.7 Å². The summed E-state index contributed by atoms with van der Waals surface area (Å²) in [6.45, 7) is 3.00. The van der Waals surface area contributed by atoms with E-state index >= 15 is 0 Å². The van der Waals surface area contributed by atoms with Gasteiger partial charge in [-0.3, -0.25) is 4.79 Å². The Balaban J connectivity index is 1.61. The van der Waals surface area contributed by atoms with E-state index in [-0.39, 0.29) is 17.4 Å². The van der Waals surface area contributed by atoms with Gasteiger partial charge in [-0.25, -0.2) is 13.4 Å². The van der Waals surface area contributed by atoms with Crippen molar-refractivity contribution in [3.8, 4) is 0 Å². The van der Waals surface area contributed by atoms with Crippen LogP contribution in [0.4, 0.5) is 23.1 Å². The second-order valence-electron chi connectivity index (χ2n) is 6.38. The average molecular weight is 373 g/mol. The fraction of sp³-hybridized carbons (Fsp3) is 0.353. The highest BCUT2D eigenvalue weighted by atomic mass is 32.2. The minimum Gasteiger partial charge on any atom is -0.368 e. The lowest BCUT2D eigenvalue weighted by Crippen LogP contribution is -2.30. The van der Waals surface area contributed by atoms with Crippen LogP contribution in [0.25, 0.3) is 0 Å². The van der Waals surface area contributed by atoms with Crippen LogP contribution in [-0.2, 0) is 26.1 Å². The molecule has 0 unspecified atom stereocenters. The molecule has 26 heavy (non-hydrogen) atoms. The van der Waals surface area contributed by atoms with Crippen LogP contribution in [0.3, 0.4) is 0 Å². The Labute approximate surface area is 151 Å². The van der Waals surface area contributed by atoms with Gasteiger partial charge < -0.3 is 15.5 Å². The summed E-state index contributed by atoms with van der Waals surface area (Å²) in [4.78, 5) is 22.6. The third-order valence-corrected chi connectivity index (χ3v) is 6.02. The zero-order valence-corrected chi connectivity index (χ0v) is 15.1. The number of aromatic nitrogens is 2. The molecule has 2 aliphatic heterocycles. The van der Waals surface area contributed by atoms with Crippen LogP contribution in [0.1, 0.15) is 24.5 Å². The van der Waals surface area contributed by atoms with E-state index in [0.29, 0.717) is 37.0 Å². The summed E-state index contributed by atoms with van der Waals surface area (Å²) >= 11 is 0. The van der Waals surface area contributed by atoms with Gasteiger partial charge in [0.2, 0.25) is 11.9 Å². The number of anilines is 4. The second kappa shape index (κ2) is 6.24. The second-order valence-corrected chi connectivity index (χ2v) is 8.45. The molecule has 1 aromatic heterocycles. The Hall–Kier alpha value is -2.68. The first-order valence-corrected chi connectivity index (χ1v) is 10.3. The number of rotatable bonds is 3. The number of hydrogen-bond donors (Lipinski definition) is 2. The van der Waals surface area contributed by atoms with E-state index in [2.05, 4.69) is 20.6 Å². The minimum absolute atomic E-state index is 0.0443. The van der Waals surface area contributed by atoms with E-state index in [0.717, 1.165) is 16.8 Å². The molecule has 2 aliphatic rings. The Morgan fingerprint density at radius 2 is 2.08 bits per heavy atom. The van der Waals surface area contributed by atoms with Gasteiger partial charge in [0.05, 0.1) is 17.7 Å². The first-order chi connectivity index (χ1) is 12.4. The Morgan fingerprint density at radius 3 is 2.88 bits per heavy atom. The third-order valence-electron chi connectivity index (χ3n) is 4.52. The van der Waals surface area contributed by atoms with Crippen molar-refractivity contribution in [2.24, 2.45) is 0 Å².